The Morgan fingerprint density at radius 2 is 2.09 bits per heavy atom. The number of nitrogens with zero attached hydrogens (tertiary/aromatic N) is 4. The van der Waals surface area contributed by atoms with E-state index >= 15 is 0 Å². The van der Waals surface area contributed by atoms with E-state index < -0.39 is 0 Å². The lowest BCUT2D eigenvalue weighted by Crippen LogP contribution is -2.43. The highest BCUT2D eigenvalue weighted by Gasteiger charge is 2.27. The van der Waals surface area contributed by atoms with Crippen molar-refractivity contribution in [3.05, 3.63) is 70.4 Å². The number of anilines is 1. The maximum absolute atomic E-state index is 13.0. The van der Waals surface area contributed by atoms with Crippen molar-refractivity contribution < 1.29 is 9.21 Å². The summed E-state index contributed by atoms with van der Waals surface area (Å²) in [5, 5.41) is 13.3. The van der Waals surface area contributed by atoms with Crippen LogP contribution in [0.2, 0.25) is 5.02 Å². The van der Waals surface area contributed by atoms with Gasteiger partial charge in [0.25, 0.3) is 0 Å². The third-order valence-electron chi connectivity index (χ3n) is 5.96. The molecule has 174 valence electrons. The summed E-state index contributed by atoms with van der Waals surface area (Å²) in [6.07, 6.45) is 3.40. The van der Waals surface area contributed by atoms with Crippen LogP contribution in [0.25, 0.3) is 22.0 Å². The number of carbonyl (C=O) groups excluding carboxylic acids is 1. The topological polar surface area (TPSA) is 84.2 Å². The zero-order chi connectivity index (χ0) is 23.5. The zero-order valence-electron chi connectivity index (χ0n) is 18.7. The third kappa shape index (κ3) is 4.83. The van der Waals surface area contributed by atoms with Crippen LogP contribution in [0.3, 0.4) is 0 Å². The Kier molecular flexibility index (Phi) is 6.60. The van der Waals surface area contributed by atoms with Gasteiger partial charge < -0.3 is 14.6 Å². The van der Waals surface area contributed by atoms with Gasteiger partial charge >= 0.3 is 0 Å². The molecule has 0 saturated carbocycles. The monoisotopic (exact) mass is 493 g/mol. The number of aryl methyl sites for hydroxylation is 1. The van der Waals surface area contributed by atoms with Crippen LogP contribution in [0.1, 0.15) is 23.4 Å². The third-order valence-corrected chi connectivity index (χ3v) is 7.48. The Balaban J connectivity index is 1.21. The fraction of sp³-hybridized carbons (Fsp3) is 0.280. The standard InChI is InChI=1S/C25H24ClN5O2S/c1-16-22(34-25(28-16)18-7-2-3-8-19(18)26)14-27-24(32)17-6-4-12-31(15-17)23-11-10-20(29-30-23)21-9-5-13-33-21/h2-3,5,7-11,13,17H,4,6,12,14-15H2,1H3,(H,27,32). The fourth-order valence-electron chi connectivity index (χ4n) is 4.10. The van der Waals surface area contributed by atoms with Crippen molar-refractivity contribution in [1.29, 1.82) is 0 Å². The summed E-state index contributed by atoms with van der Waals surface area (Å²) in [6, 6.07) is 15.2. The van der Waals surface area contributed by atoms with Crippen LogP contribution in [0.15, 0.2) is 59.2 Å². The number of halogens is 1. The SMILES string of the molecule is Cc1nc(-c2ccccc2Cl)sc1CNC(=O)C1CCCN(c2ccc(-c3ccco3)nn2)C1. The second-order valence-corrected chi connectivity index (χ2v) is 9.76. The molecule has 0 bridgehead atoms. The molecule has 1 unspecified atom stereocenters. The average molecular weight is 494 g/mol. The Morgan fingerprint density at radius 1 is 1.21 bits per heavy atom. The highest BCUT2D eigenvalue weighted by molar-refractivity contribution is 7.15. The van der Waals surface area contributed by atoms with Gasteiger partial charge in [-0.2, -0.15) is 0 Å². The lowest BCUT2D eigenvalue weighted by atomic mass is 9.97. The molecule has 7 nitrogen and oxygen atoms in total. The maximum Gasteiger partial charge on any atom is 0.225 e. The molecule has 1 aliphatic rings. The molecule has 1 N–H and O–H groups in total. The van der Waals surface area contributed by atoms with Crippen LogP contribution in [0.5, 0.6) is 0 Å². The first-order valence-electron chi connectivity index (χ1n) is 11.2. The van der Waals surface area contributed by atoms with E-state index in [0.717, 1.165) is 46.3 Å². The first-order valence-corrected chi connectivity index (χ1v) is 12.4. The van der Waals surface area contributed by atoms with Gasteiger partial charge in [-0.25, -0.2) is 4.98 Å². The van der Waals surface area contributed by atoms with Gasteiger partial charge in [0, 0.05) is 23.5 Å². The van der Waals surface area contributed by atoms with Crippen LogP contribution in [-0.2, 0) is 11.3 Å². The number of furan rings is 1. The summed E-state index contributed by atoms with van der Waals surface area (Å²) in [5.41, 5.74) is 2.52. The molecule has 3 aromatic heterocycles. The molecular formula is C25H24ClN5O2S. The zero-order valence-corrected chi connectivity index (χ0v) is 20.3. The van der Waals surface area contributed by atoms with Crippen LogP contribution < -0.4 is 10.2 Å². The number of benzene rings is 1. The number of rotatable bonds is 6. The molecule has 5 rings (SSSR count). The first kappa shape index (κ1) is 22.6. The number of carbonyl (C=O) groups is 1. The number of hydrogen-bond donors (Lipinski definition) is 1. The molecule has 0 aliphatic carbocycles. The number of thiazole rings is 1. The molecule has 1 aromatic carbocycles. The molecule has 4 heterocycles. The molecule has 9 heteroatoms. The van der Waals surface area contributed by atoms with Gasteiger partial charge in [-0.15, -0.1) is 21.5 Å². The van der Waals surface area contributed by atoms with Crippen molar-refractivity contribution in [1.82, 2.24) is 20.5 Å². The largest absolute Gasteiger partial charge is 0.463 e. The van der Waals surface area contributed by atoms with Crippen LogP contribution in [-0.4, -0.2) is 34.2 Å². The molecule has 34 heavy (non-hydrogen) atoms. The molecular weight excluding hydrogens is 470 g/mol. The summed E-state index contributed by atoms with van der Waals surface area (Å²) in [5.74, 6) is 1.41. The number of nitrogens with one attached hydrogen (secondary N) is 1. The number of amides is 1. The Hall–Kier alpha value is -3.23. The molecule has 1 fully saturated rings. The van der Waals surface area contributed by atoms with Crippen molar-refractivity contribution >= 4 is 34.7 Å². The van der Waals surface area contributed by atoms with Gasteiger partial charge in [0.05, 0.1) is 29.4 Å². The van der Waals surface area contributed by atoms with Gasteiger partial charge in [-0.3, -0.25) is 4.79 Å². The molecule has 1 aliphatic heterocycles. The van der Waals surface area contributed by atoms with E-state index in [4.69, 9.17) is 16.0 Å². The maximum atomic E-state index is 13.0. The van der Waals surface area contributed by atoms with Crippen molar-refractivity contribution in [3.8, 4) is 22.0 Å². The number of piperidine rings is 1. The van der Waals surface area contributed by atoms with Gasteiger partial charge in [0.15, 0.2) is 11.6 Å². The minimum atomic E-state index is -0.100. The highest BCUT2D eigenvalue weighted by Crippen LogP contribution is 2.33. The lowest BCUT2D eigenvalue weighted by Gasteiger charge is -2.32. The lowest BCUT2D eigenvalue weighted by molar-refractivity contribution is -0.125. The quantitative estimate of drug-likeness (QED) is 0.389. The van der Waals surface area contributed by atoms with Crippen LogP contribution >= 0.6 is 22.9 Å². The van der Waals surface area contributed by atoms with Gasteiger partial charge in [0.1, 0.15) is 10.7 Å². The summed E-state index contributed by atoms with van der Waals surface area (Å²) in [4.78, 5) is 20.8. The van der Waals surface area contributed by atoms with E-state index in [2.05, 4.69) is 25.4 Å². The molecule has 1 saturated heterocycles. The van der Waals surface area contributed by atoms with E-state index in [9.17, 15) is 4.79 Å². The van der Waals surface area contributed by atoms with E-state index in [1.165, 1.54) is 0 Å². The van der Waals surface area contributed by atoms with Gasteiger partial charge in [-0.1, -0.05) is 29.8 Å². The minimum absolute atomic E-state index is 0.0527. The van der Waals surface area contributed by atoms with E-state index in [0.29, 0.717) is 29.6 Å². The van der Waals surface area contributed by atoms with Crippen molar-refractivity contribution in [3.63, 3.8) is 0 Å². The summed E-state index contributed by atoms with van der Waals surface area (Å²) >= 11 is 7.89. The summed E-state index contributed by atoms with van der Waals surface area (Å²) < 4.78 is 5.38. The van der Waals surface area contributed by atoms with E-state index in [-0.39, 0.29) is 11.8 Å². The Labute approximate surface area is 206 Å². The van der Waals surface area contributed by atoms with Crippen molar-refractivity contribution in [2.45, 2.75) is 26.3 Å². The molecule has 1 amide bonds. The Bertz CT molecular complexity index is 1270. The molecule has 0 spiro atoms. The summed E-state index contributed by atoms with van der Waals surface area (Å²) in [6.45, 7) is 3.90. The number of aromatic nitrogens is 3. The average Bonchev–Trinajstić information content (AvgIpc) is 3.53. The predicted molar refractivity (Wildman–Crippen MR) is 134 cm³/mol. The molecule has 4 aromatic rings. The first-order chi connectivity index (χ1) is 16.6. The predicted octanol–water partition coefficient (Wildman–Crippen LogP) is 5.35. The molecule has 0 radical (unpaired) electrons. The summed E-state index contributed by atoms with van der Waals surface area (Å²) in [7, 11) is 0. The fourth-order valence-corrected chi connectivity index (χ4v) is 5.43. The smallest absolute Gasteiger partial charge is 0.225 e. The van der Waals surface area contributed by atoms with Crippen LogP contribution in [0.4, 0.5) is 5.82 Å². The van der Waals surface area contributed by atoms with Gasteiger partial charge in [0.2, 0.25) is 5.91 Å². The van der Waals surface area contributed by atoms with Gasteiger partial charge in [-0.05, 0) is 50.1 Å². The van der Waals surface area contributed by atoms with Crippen LogP contribution in [0, 0.1) is 12.8 Å². The second kappa shape index (κ2) is 9.95. The second-order valence-electron chi connectivity index (χ2n) is 8.26. The van der Waals surface area contributed by atoms with Crippen molar-refractivity contribution in [2.75, 3.05) is 18.0 Å². The number of hydrogen-bond acceptors (Lipinski definition) is 7. The highest BCUT2D eigenvalue weighted by atomic mass is 35.5. The Morgan fingerprint density at radius 3 is 2.85 bits per heavy atom. The van der Waals surface area contributed by atoms with Crippen molar-refractivity contribution in [2.24, 2.45) is 5.92 Å². The molecule has 1 atom stereocenters. The minimum Gasteiger partial charge on any atom is -0.463 e. The van der Waals surface area contributed by atoms with E-state index in [1.54, 1.807) is 17.6 Å². The van der Waals surface area contributed by atoms with E-state index in [1.807, 2.05) is 55.5 Å². The normalized spacial score (nSPS) is 15.9.